The van der Waals surface area contributed by atoms with Gasteiger partial charge in [0.05, 0.1) is 15.8 Å². The number of benzene rings is 3. The van der Waals surface area contributed by atoms with Crippen molar-refractivity contribution in [3.8, 4) is 0 Å². The van der Waals surface area contributed by atoms with Crippen LogP contribution in [0.2, 0.25) is 5.02 Å². The van der Waals surface area contributed by atoms with Gasteiger partial charge in [0.15, 0.2) is 0 Å². The summed E-state index contributed by atoms with van der Waals surface area (Å²) in [5.41, 5.74) is 6.94. The number of nitro benzene ring substituents is 1. The Bertz CT molecular complexity index is 1950. The number of halogens is 1. The van der Waals surface area contributed by atoms with Crippen molar-refractivity contribution in [1.82, 2.24) is 14.9 Å². The van der Waals surface area contributed by atoms with E-state index in [1.165, 1.54) is 30.0 Å². The molecule has 2 fully saturated rings. The third-order valence-corrected chi connectivity index (χ3v) is 11.0. The van der Waals surface area contributed by atoms with E-state index >= 15 is 0 Å². The molecule has 1 aromatic heterocycles. The van der Waals surface area contributed by atoms with E-state index < -0.39 is 4.92 Å². The van der Waals surface area contributed by atoms with Crippen molar-refractivity contribution in [2.24, 2.45) is 11.3 Å². The maximum atomic E-state index is 13.4. The molecule has 1 amide bonds. The van der Waals surface area contributed by atoms with E-state index in [0.29, 0.717) is 47.8 Å². The fourth-order valence-corrected chi connectivity index (χ4v) is 7.72. The van der Waals surface area contributed by atoms with Gasteiger partial charge in [-0.3, -0.25) is 19.8 Å². The lowest BCUT2D eigenvalue weighted by Gasteiger charge is -2.39. The first-order valence-corrected chi connectivity index (χ1v) is 18.6. The molecule has 2 aliphatic heterocycles. The number of hydrogen-bond acceptors (Lipinski definition) is 9. The van der Waals surface area contributed by atoms with E-state index in [9.17, 15) is 14.9 Å². The van der Waals surface area contributed by atoms with Crippen LogP contribution >= 0.6 is 11.6 Å². The summed E-state index contributed by atoms with van der Waals surface area (Å²) in [6.07, 6.45) is 6.57. The van der Waals surface area contributed by atoms with Crippen LogP contribution in [0.4, 0.5) is 22.9 Å². The number of piperazine rings is 1. The summed E-state index contributed by atoms with van der Waals surface area (Å²) in [5, 5.41) is 19.3. The van der Waals surface area contributed by atoms with Gasteiger partial charge in [0.1, 0.15) is 17.8 Å². The van der Waals surface area contributed by atoms with Crippen molar-refractivity contribution in [1.29, 1.82) is 0 Å². The monoisotopic (exact) mass is 723 g/mol. The van der Waals surface area contributed by atoms with Crippen LogP contribution < -0.4 is 15.5 Å². The van der Waals surface area contributed by atoms with Gasteiger partial charge < -0.3 is 20.3 Å². The zero-order valence-corrected chi connectivity index (χ0v) is 30.6. The topological polar surface area (TPSA) is 126 Å². The molecule has 3 aromatic carbocycles. The Hall–Kier alpha value is -4.58. The fourth-order valence-electron chi connectivity index (χ4n) is 7.59. The third kappa shape index (κ3) is 8.38. The van der Waals surface area contributed by atoms with Crippen LogP contribution in [0.15, 0.2) is 72.6 Å². The SMILES string of the molecule is CC1(C)CCC(CN2CCN(c3ccc(C(=O)Nc4ncnc5cc(NCC6CCOCC6)c([N+](=O)[O-])cc45)cc3)CC2)=C(c2ccc(Cl)cc2)C1. The predicted molar refractivity (Wildman–Crippen MR) is 207 cm³/mol. The van der Waals surface area contributed by atoms with Gasteiger partial charge in [-0.2, -0.15) is 0 Å². The molecule has 0 saturated carbocycles. The molecular formula is C40H46ClN7O4. The number of nitrogens with one attached hydrogen (secondary N) is 2. The number of nitro groups is 1. The summed E-state index contributed by atoms with van der Waals surface area (Å²) in [6, 6.07) is 19.0. The van der Waals surface area contributed by atoms with Gasteiger partial charge in [0, 0.05) is 74.8 Å². The Kier molecular flexibility index (Phi) is 10.7. The van der Waals surface area contributed by atoms with Crippen molar-refractivity contribution >= 4 is 56.9 Å². The second-order valence-corrected chi connectivity index (χ2v) is 15.4. The minimum atomic E-state index is -0.421. The van der Waals surface area contributed by atoms with Gasteiger partial charge in [-0.15, -0.1) is 0 Å². The molecule has 11 nitrogen and oxygen atoms in total. The number of amides is 1. The molecule has 272 valence electrons. The highest BCUT2D eigenvalue weighted by molar-refractivity contribution is 6.30. The summed E-state index contributed by atoms with van der Waals surface area (Å²) in [7, 11) is 0. The summed E-state index contributed by atoms with van der Waals surface area (Å²) in [4.78, 5) is 38.5. The second kappa shape index (κ2) is 15.6. The van der Waals surface area contributed by atoms with Crippen LogP contribution in [0, 0.1) is 21.4 Å². The van der Waals surface area contributed by atoms with Crippen molar-refractivity contribution in [2.45, 2.75) is 46.0 Å². The van der Waals surface area contributed by atoms with Crippen LogP contribution in [0.25, 0.3) is 16.5 Å². The molecule has 0 unspecified atom stereocenters. The Labute approximate surface area is 309 Å². The highest BCUT2D eigenvalue weighted by Crippen LogP contribution is 2.43. The van der Waals surface area contributed by atoms with Crippen molar-refractivity contribution in [2.75, 3.05) is 68.0 Å². The Morgan fingerprint density at radius 1 is 1.02 bits per heavy atom. The average molecular weight is 724 g/mol. The van der Waals surface area contributed by atoms with E-state index in [0.717, 1.165) is 69.1 Å². The molecule has 2 saturated heterocycles. The minimum Gasteiger partial charge on any atom is -0.381 e. The first-order valence-electron chi connectivity index (χ1n) is 18.2. The van der Waals surface area contributed by atoms with Crippen LogP contribution in [0.3, 0.4) is 0 Å². The molecule has 0 atom stereocenters. The molecular weight excluding hydrogens is 678 g/mol. The lowest BCUT2D eigenvalue weighted by atomic mass is 9.72. The molecule has 52 heavy (non-hydrogen) atoms. The summed E-state index contributed by atoms with van der Waals surface area (Å²) in [5.74, 6) is 0.263. The van der Waals surface area contributed by atoms with Crippen molar-refractivity contribution in [3.63, 3.8) is 0 Å². The molecule has 4 aromatic rings. The number of carbonyl (C=O) groups excluding carboxylic acids is 1. The first-order chi connectivity index (χ1) is 25.1. The predicted octanol–water partition coefficient (Wildman–Crippen LogP) is 8.07. The summed E-state index contributed by atoms with van der Waals surface area (Å²) < 4.78 is 5.43. The zero-order valence-electron chi connectivity index (χ0n) is 29.9. The smallest absolute Gasteiger partial charge is 0.293 e. The Morgan fingerprint density at radius 3 is 2.46 bits per heavy atom. The maximum absolute atomic E-state index is 13.4. The van der Waals surface area contributed by atoms with Crippen LogP contribution in [-0.2, 0) is 4.74 Å². The van der Waals surface area contributed by atoms with E-state index in [2.05, 4.69) is 56.4 Å². The number of carbonyl (C=O) groups is 1. The van der Waals surface area contributed by atoms with Gasteiger partial charge in [-0.25, -0.2) is 9.97 Å². The van der Waals surface area contributed by atoms with E-state index in [-0.39, 0.29) is 22.8 Å². The lowest BCUT2D eigenvalue weighted by molar-refractivity contribution is -0.383. The van der Waals surface area contributed by atoms with Crippen LogP contribution in [0.1, 0.15) is 61.9 Å². The van der Waals surface area contributed by atoms with Gasteiger partial charge >= 0.3 is 0 Å². The molecule has 7 rings (SSSR count). The van der Waals surface area contributed by atoms with E-state index in [1.54, 1.807) is 11.6 Å². The number of anilines is 3. The molecule has 0 spiro atoms. The molecule has 3 heterocycles. The van der Waals surface area contributed by atoms with Gasteiger partial charge in [-0.05, 0) is 97.0 Å². The lowest BCUT2D eigenvalue weighted by Crippen LogP contribution is -2.47. The zero-order chi connectivity index (χ0) is 36.2. The van der Waals surface area contributed by atoms with Crippen molar-refractivity contribution in [3.05, 3.63) is 98.8 Å². The highest BCUT2D eigenvalue weighted by Gasteiger charge is 2.29. The normalized spacial score (nSPS) is 18.4. The number of ether oxygens (including phenoxy) is 1. The minimum absolute atomic E-state index is 0.0873. The number of allylic oxidation sites excluding steroid dienone is 1. The molecule has 3 aliphatic rings. The standard InChI is InChI=1S/C40H46ClN7O4/c1-40(2)14-11-30(34(23-40)28-3-7-31(41)8-4-28)25-46-15-17-47(18-16-46)32-9-5-29(6-10-32)39(49)45-38-33-21-37(48(50)51)36(22-35(33)43-26-44-38)42-24-27-12-19-52-20-13-27/h3-10,21-22,26-27,42H,11-20,23-25H2,1-2H3,(H,43,44,45,49). The van der Waals surface area contributed by atoms with Gasteiger partial charge in [0.25, 0.3) is 11.6 Å². The number of aromatic nitrogens is 2. The number of fused-ring (bicyclic) bond motifs is 1. The number of rotatable bonds is 10. The third-order valence-electron chi connectivity index (χ3n) is 10.8. The van der Waals surface area contributed by atoms with Gasteiger partial charge in [0.2, 0.25) is 0 Å². The van der Waals surface area contributed by atoms with Crippen molar-refractivity contribution < 1.29 is 14.5 Å². The molecule has 12 heteroatoms. The summed E-state index contributed by atoms with van der Waals surface area (Å²) >= 11 is 6.21. The summed E-state index contributed by atoms with van der Waals surface area (Å²) in [6.45, 7) is 11.4. The van der Waals surface area contributed by atoms with Gasteiger partial charge in [-0.1, -0.05) is 43.2 Å². The largest absolute Gasteiger partial charge is 0.381 e. The molecule has 1 aliphatic carbocycles. The highest BCUT2D eigenvalue weighted by atomic mass is 35.5. The van der Waals surface area contributed by atoms with Crippen LogP contribution in [-0.4, -0.2) is 78.2 Å². The average Bonchev–Trinajstić information content (AvgIpc) is 3.15. The number of hydrogen-bond donors (Lipinski definition) is 2. The number of nitrogens with zero attached hydrogens (tertiary/aromatic N) is 5. The quantitative estimate of drug-likeness (QED) is 0.123. The van der Waals surface area contributed by atoms with E-state index in [1.807, 2.05) is 36.4 Å². The maximum Gasteiger partial charge on any atom is 0.293 e. The van der Waals surface area contributed by atoms with E-state index in [4.69, 9.17) is 16.3 Å². The first kappa shape index (κ1) is 35.8. The van der Waals surface area contributed by atoms with Crippen LogP contribution in [0.5, 0.6) is 0 Å². The Morgan fingerprint density at radius 2 is 1.75 bits per heavy atom. The molecule has 0 bridgehead atoms. The molecule has 2 N–H and O–H groups in total. The molecule has 0 radical (unpaired) electrons. The fraction of sp³-hybridized carbons (Fsp3) is 0.425. The Balaban J connectivity index is 0.982. The second-order valence-electron chi connectivity index (χ2n) is 15.0.